The molecule has 0 radical (unpaired) electrons. The van der Waals surface area contributed by atoms with E-state index in [4.69, 9.17) is 11.5 Å². The quantitative estimate of drug-likeness (QED) is 0.547. The summed E-state index contributed by atoms with van der Waals surface area (Å²) in [6, 6.07) is 3.77. The molecule has 3 aromatic heterocycles. The highest BCUT2D eigenvalue weighted by atomic mass is 16.3. The first kappa shape index (κ1) is 14.9. The van der Waals surface area contributed by atoms with E-state index in [9.17, 15) is 5.11 Å². The monoisotopic (exact) mass is 325 g/mol. The van der Waals surface area contributed by atoms with Gasteiger partial charge in [-0.3, -0.25) is 0 Å². The van der Waals surface area contributed by atoms with Gasteiger partial charge in [0.05, 0.1) is 22.9 Å². The van der Waals surface area contributed by atoms with Crippen LogP contribution in [-0.4, -0.2) is 50.8 Å². The predicted octanol–water partition coefficient (Wildman–Crippen LogP) is 0.358. The Morgan fingerprint density at radius 3 is 2.83 bits per heavy atom. The Morgan fingerprint density at radius 2 is 2.08 bits per heavy atom. The summed E-state index contributed by atoms with van der Waals surface area (Å²) in [5, 5.41) is 11.1. The number of fused-ring (bicyclic) bond motifs is 1. The molecule has 1 saturated heterocycles. The molecular formula is C16H19N7O. The molecular weight excluding hydrogens is 306 g/mol. The molecule has 3 aromatic rings. The first-order valence-electron chi connectivity index (χ1n) is 7.85. The van der Waals surface area contributed by atoms with E-state index in [1.807, 2.05) is 18.3 Å². The van der Waals surface area contributed by atoms with Crippen molar-refractivity contribution in [2.75, 3.05) is 30.3 Å². The molecule has 0 aromatic carbocycles. The van der Waals surface area contributed by atoms with E-state index in [0.717, 1.165) is 28.0 Å². The molecule has 0 spiro atoms. The summed E-state index contributed by atoms with van der Waals surface area (Å²) in [5.74, 6) is 0.303. The Bertz CT molecular complexity index is 878. The van der Waals surface area contributed by atoms with Crippen molar-refractivity contribution in [2.24, 2.45) is 11.7 Å². The minimum absolute atomic E-state index is 0.0744. The van der Waals surface area contributed by atoms with Gasteiger partial charge in [0.15, 0.2) is 0 Å². The number of rotatable bonds is 3. The zero-order valence-electron chi connectivity index (χ0n) is 13.1. The summed E-state index contributed by atoms with van der Waals surface area (Å²) < 4.78 is 0. The summed E-state index contributed by atoms with van der Waals surface area (Å²) in [5.41, 5.74) is 14.9. The highest BCUT2D eigenvalue weighted by Crippen LogP contribution is 2.36. The van der Waals surface area contributed by atoms with Gasteiger partial charge in [-0.05, 0) is 18.7 Å². The van der Waals surface area contributed by atoms with E-state index in [0.29, 0.717) is 19.6 Å². The number of anilines is 2. The highest BCUT2D eigenvalue weighted by Gasteiger charge is 2.31. The average molecular weight is 325 g/mol. The average Bonchev–Trinajstić information content (AvgIpc) is 3.18. The van der Waals surface area contributed by atoms with Crippen LogP contribution in [0.15, 0.2) is 30.7 Å². The topological polar surface area (TPSA) is 130 Å². The maximum Gasteiger partial charge on any atom is 0.220 e. The fourth-order valence-electron chi connectivity index (χ4n) is 3.31. The number of aliphatic hydroxyl groups excluding tert-OH is 1. The Balaban J connectivity index is 1.84. The second-order valence-electron chi connectivity index (χ2n) is 6.02. The van der Waals surface area contributed by atoms with Gasteiger partial charge in [0.1, 0.15) is 5.65 Å². The van der Waals surface area contributed by atoms with Crippen molar-refractivity contribution in [1.82, 2.24) is 19.9 Å². The summed E-state index contributed by atoms with van der Waals surface area (Å²) in [7, 11) is 0. The number of nitrogens with zero attached hydrogens (tertiary/aromatic N) is 4. The second kappa shape index (κ2) is 5.73. The molecule has 1 aliphatic heterocycles. The Labute approximate surface area is 138 Å². The highest BCUT2D eigenvalue weighted by molar-refractivity contribution is 6.02. The number of aliphatic hydroxyl groups is 1. The third kappa shape index (κ3) is 2.36. The molecule has 24 heavy (non-hydrogen) atoms. The van der Waals surface area contributed by atoms with Crippen molar-refractivity contribution in [3.63, 3.8) is 0 Å². The molecule has 8 heteroatoms. The minimum Gasteiger partial charge on any atom is -0.391 e. The second-order valence-corrected chi connectivity index (χ2v) is 6.02. The molecule has 4 rings (SSSR count). The van der Waals surface area contributed by atoms with Gasteiger partial charge in [-0.2, -0.15) is 0 Å². The van der Waals surface area contributed by atoms with Crippen molar-refractivity contribution in [1.29, 1.82) is 0 Å². The van der Waals surface area contributed by atoms with Gasteiger partial charge in [0.2, 0.25) is 5.95 Å². The lowest BCUT2D eigenvalue weighted by atomic mass is 10.1. The lowest BCUT2D eigenvalue weighted by molar-refractivity contribution is 0.152. The first-order chi connectivity index (χ1) is 11.7. The molecule has 2 unspecified atom stereocenters. The zero-order chi connectivity index (χ0) is 16.7. The van der Waals surface area contributed by atoms with Crippen LogP contribution in [0.4, 0.5) is 11.6 Å². The number of pyridine rings is 1. The van der Waals surface area contributed by atoms with Crippen LogP contribution >= 0.6 is 0 Å². The zero-order valence-corrected chi connectivity index (χ0v) is 13.1. The molecule has 8 nitrogen and oxygen atoms in total. The molecule has 0 aliphatic carbocycles. The van der Waals surface area contributed by atoms with E-state index in [2.05, 4.69) is 24.8 Å². The SMILES string of the molecule is NCC1CN(c2ccnc3[nH]cc(-c4ccnc(N)n4)c23)CC1O. The number of aromatic nitrogens is 4. The molecule has 6 N–H and O–H groups in total. The van der Waals surface area contributed by atoms with Crippen LogP contribution in [0.5, 0.6) is 0 Å². The van der Waals surface area contributed by atoms with Gasteiger partial charge in [-0.25, -0.2) is 15.0 Å². The van der Waals surface area contributed by atoms with Crippen LogP contribution in [0.3, 0.4) is 0 Å². The van der Waals surface area contributed by atoms with Crippen LogP contribution in [-0.2, 0) is 0 Å². The standard InChI is InChI=1S/C16H19N7O/c17-5-9-7-23(8-13(9)24)12-2-4-19-15-14(12)10(6-21-15)11-1-3-20-16(18)22-11/h1-4,6,9,13,24H,5,7-8,17H2,(H,19,21)(H2,18,20,22). The number of hydrogen-bond acceptors (Lipinski definition) is 7. The fourth-order valence-corrected chi connectivity index (χ4v) is 3.31. The minimum atomic E-state index is -0.421. The van der Waals surface area contributed by atoms with Gasteiger partial charge >= 0.3 is 0 Å². The summed E-state index contributed by atoms with van der Waals surface area (Å²) in [4.78, 5) is 18.0. The Hall–Kier alpha value is -2.71. The van der Waals surface area contributed by atoms with E-state index >= 15 is 0 Å². The van der Waals surface area contributed by atoms with Gasteiger partial charge < -0.3 is 26.5 Å². The maximum atomic E-state index is 10.2. The molecule has 124 valence electrons. The van der Waals surface area contributed by atoms with Crippen LogP contribution in [0.2, 0.25) is 0 Å². The Morgan fingerprint density at radius 1 is 1.25 bits per heavy atom. The van der Waals surface area contributed by atoms with Gasteiger partial charge in [0.25, 0.3) is 0 Å². The number of β-amino-alcohol motifs (C(OH)–C–C–N with tert-alkyl or cyclic N) is 1. The molecule has 1 fully saturated rings. The smallest absolute Gasteiger partial charge is 0.220 e. The molecule has 2 atom stereocenters. The van der Waals surface area contributed by atoms with Crippen LogP contribution in [0.1, 0.15) is 0 Å². The van der Waals surface area contributed by atoms with Crippen LogP contribution in [0, 0.1) is 5.92 Å². The third-order valence-corrected chi connectivity index (χ3v) is 4.55. The molecule has 0 saturated carbocycles. The number of nitrogens with one attached hydrogen (secondary N) is 1. The number of nitrogen functional groups attached to an aromatic ring is 1. The van der Waals surface area contributed by atoms with E-state index < -0.39 is 6.10 Å². The van der Waals surface area contributed by atoms with E-state index in [1.54, 1.807) is 12.4 Å². The van der Waals surface area contributed by atoms with Crippen molar-refractivity contribution in [2.45, 2.75) is 6.10 Å². The number of aromatic amines is 1. The summed E-state index contributed by atoms with van der Waals surface area (Å²) >= 11 is 0. The number of nitrogens with two attached hydrogens (primary N) is 2. The lowest BCUT2D eigenvalue weighted by Gasteiger charge is -2.19. The van der Waals surface area contributed by atoms with Gasteiger partial charge in [-0.1, -0.05) is 0 Å². The van der Waals surface area contributed by atoms with Gasteiger partial charge in [0, 0.05) is 43.2 Å². The van der Waals surface area contributed by atoms with Crippen molar-refractivity contribution in [3.05, 3.63) is 30.7 Å². The fraction of sp³-hybridized carbons (Fsp3) is 0.312. The molecule has 1 aliphatic rings. The molecule has 0 bridgehead atoms. The molecule has 0 amide bonds. The van der Waals surface area contributed by atoms with Crippen molar-refractivity contribution in [3.8, 4) is 11.3 Å². The van der Waals surface area contributed by atoms with Crippen LogP contribution < -0.4 is 16.4 Å². The van der Waals surface area contributed by atoms with Crippen LogP contribution in [0.25, 0.3) is 22.3 Å². The Kier molecular flexibility index (Phi) is 3.55. The lowest BCUT2D eigenvalue weighted by Crippen LogP contribution is -2.25. The normalized spacial score (nSPS) is 20.8. The summed E-state index contributed by atoms with van der Waals surface area (Å²) in [6.07, 6.45) is 4.84. The third-order valence-electron chi connectivity index (χ3n) is 4.55. The molecule has 4 heterocycles. The number of hydrogen-bond donors (Lipinski definition) is 4. The largest absolute Gasteiger partial charge is 0.391 e. The summed E-state index contributed by atoms with van der Waals surface area (Å²) in [6.45, 7) is 1.74. The van der Waals surface area contributed by atoms with Gasteiger partial charge in [-0.15, -0.1) is 0 Å². The number of H-pyrrole nitrogens is 1. The van der Waals surface area contributed by atoms with Crippen molar-refractivity contribution < 1.29 is 5.11 Å². The van der Waals surface area contributed by atoms with Crippen molar-refractivity contribution >= 4 is 22.7 Å². The first-order valence-corrected chi connectivity index (χ1v) is 7.85. The van der Waals surface area contributed by atoms with E-state index in [1.165, 1.54) is 0 Å². The maximum absolute atomic E-state index is 10.2. The van der Waals surface area contributed by atoms with E-state index in [-0.39, 0.29) is 11.9 Å². The predicted molar refractivity (Wildman–Crippen MR) is 92.3 cm³/mol.